The third-order valence-corrected chi connectivity index (χ3v) is 3.73. The van der Waals surface area contributed by atoms with E-state index in [1.54, 1.807) is 11.9 Å². The van der Waals surface area contributed by atoms with Gasteiger partial charge in [-0.05, 0) is 43.7 Å². The van der Waals surface area contributed by atoms with E-state index in [0.29, 0.717) is 38.2 Å². The van der Waals surface area contributed by atoms with Gasteiger partial charge in [-0.1, -0.05) is 32.0 Å². The van der Waals surface area contributed by atoms with E-state index in [9.17, 15) is 9.59 Å². The molecule has 0 bridgehead atoms. The van der Waals surface area contributed by atoms with Gasteiger partial charge in [-0.15, -0.1) is 0 Å². The second-order valence-electron chi connectivity index (χ2n) is 6.25. The van der Waals surface area contributed by atoms with Crippen LogP contribution < -0.4 is 4.90 Å². The van der Waals surface area contributed by atoms with E-state index in [-0.39, 0.29) is 11.9 Å². The zero-order valence-electron chi connectivity index (χ0n) is 14.6. The average Bonchev–Trinajstić information content (AvgIpc) is 2.55. The summed E-state index contributed by atoms with van der Waals surface area (Å²) >= 11 is 0. The Morgan fingerprint density at radius 1 is 1.04 bits per heavy atom. The van der Waals surface area contributed by atoms with Crippen LogP contribution in [-0.2, 0) is 14.3 Å². The molecule has 0 aromatic heterocycles. The van der Waals surface area contributed by atoms with Crippen molar-refractivity contribution in [1.82, 2.24) is 0 Å². The summed E-state index contributed by atoms with van der Waals surface area (Å²) < 4.78 is 5.18. The van der Waals surface area contributed by atoms with Crippen LogP contribution in [0.5, 0.6) is 0 Å². The fraction of sp³-hybridized carbons (Fsp3) is 0.579. The van der Waals surface area contributed by atoms with Gasteiger partial charge in [-0.3, -0.25) is 9.59 Å². The summed E-state index contributed by atoms with van der Waals surface area (Å²) in [5.41, 5.74) is 0.891. The van der Waals surface area contributed by atoms with Crippen LogP contribution in [0.15, 0.2) is 30.3 Å². The van der Waals surface area contributed by atoms with Crippen molar-refractivity contribution >= 4 is 17.6 Å². The smallest absolute Gasteiger partial charge is 0.305 e. The molecule has 0 aliphatic carbocycles. The molecule has 0 radical (unpaired) electrons. The number of amides is 1. The number of benzene rings is 1. The van der Waals surface area contributed by atoms with Crippen molar-refractivity contribution in [2.75, 3.05) is 18.6 Å². The van der Waals surface area contributed by atoms with Gasteiger partial charge in [0.25, 0.3) is 0 Å². The number of carbonyl (C=O) groups is 2. The minimum Gasteiger partial charge on any atom is -0.466 e. The maximum atomic E-state index is 12.1. The highest BCUT2D eigenvalue weighted by molar-refractivity contribution is 5.92. The zero-order valence-corrected chi connectivity index (χ0v) is 14.6. The van der Waals surface area contributed by atoms with Gasteiger partial charge in [0.05, 0.1) is 6.61 Å². The van der Waals surface area contributed by atoms with Crippen LogP contribution in [0.25, 0.3) is 0 Å². The van der Waals surface area contributed by atoms with Crippen LogP contribution in [0.3, 0.4) is 0 Å². The number of rotatable bonds is 10. The molecule has 0 atom stereocenters. The standard InChI is InChI=1S/C19H29NO3/c1-16(2)10-9-15-23-19(22)14-8-7-13-18(21)20(3)17-11-5-4-6-12-17/h4-6,11-12,16H,7-10,13-15H2,1-3H3. The highest BCUT2D eigenvalue weighted by Gasteiger charge is 2.10. The maximum absolute atomic E-state index is 12.1. The fourth-order valence-electron chi connectivity index (χ4n) is 2.26. The van der Waals surface area contributed by atoms with Crippen LogP contribution in [0.4, 0.5) is 5.69 Å². The number of ether oxygens (including phenoxy) is 1. The Bertz CT molecular complexity index is 471. The van der Waals surface area contributed by atoms with Crippen molar-refractivity contribution in [3.05, 3.63) is 30.3 Å². The normalized spacial score (nSPS) is 10.6. The molecule has 0 fully saturated rings. The number of para-hydroxylation sites is 1. The second-order valence-corrected chi connectivity index (χ2v) is 6.25. The van der Waals surface area contributed by atoms with Crippen molar-refractivity contribution in [1.29, 1.82) is 0 Å². The first-order valence-corrected chi connectivity index (χ1v) is 8.48. The molecular weight excluding hydrogens is 290 g/mol. The van der Waals surface area contributed by atoms with Crippen molar-refractivity contribution < 1.29 is 14.3 Å². The van der Waals surface area contributed by atoms with Gasteiger partial charge in [-0.2, -0.15) is 0 Å². The van der Waals surface area contributed by atoms with Gasteiger partial charge in [0.15, 0.2) is 0 Å². The Balaban J connectivity index is 2.12. The molecule has 4 nitrogen and oxygen atoms in total. The Kier molecular flexibility index (Phi) is 9.03. The second kappa shape index (κ2) is 10.8. The van der Waals surface area contributed by atoms with Crippen molar-refractivity contribution in [2.45, 2.75) is 52.4 Å². The van der Waals surface area contributed by atoms with Gasteiger partial charge in [0.1, 0.15) is 0 Å². The summed E-state index contributed by atoms with van der Waals surface area (Å²) in [7, 11) is 1.78. The highest BCUT2D eigenvalue weighted by Crippen LogP contribution is 2.13. The lowest BCUT2D eigenvalue weighted by molar-refractivity contribution is -0.144. The third-order valence-electron chi connectivity index (χ3n) is 3.73. The monoisotopic (exact) mass is 319 g/mol. The molecule has 0 saturated carbocycles. The molecule has 1 aromatic rings. The van der Waals surface area contributed by atoms with Gasteiger partial charge >= 0.3 is 5.97 Å². The summed E-state index contributed by atoms with van der Waals surface area (Å²) in [4.78, 5) is 25.3. The van der Waals surface area contributed by atoms with E-state index in [1.165, 1.54) is 0 Å². The topological polar surface area (TPSA) is 46.6 Å². The maximum Gasteiger partial charge on any atom is 0.305 e. The molecule has 0 aliphatic heterocycles. The molecule has 0 heterocycles. The number of carbonyl (C=O) groups excluding carboxylic acids is 2. The number of hydrogen-bond donors (Lipinski definition) is 0. The van der Waals surface area contributed by atoms with Crippen molar-refractivity contribution in [2.24, 2.45) is 5.92 Å². The van der Waals surface area contributed by atoms with Gasteiger partial charge in [-0.25, -0.2) is 0 Å². The molecule has 0 saturated heterocycles. The van der Waals surface area contributed by atoms with Crippen LogP contribution in [0.1, 0.15) is 52.4 Å². The molecular formula is C19H29NO3. The number of unbranched alkanes of at least 4 members (excludes halogenated alkanes) is 1. The number of anilines is 1. The quantitative estimate of drug-likeness (QED) is 0.480. The Labute approximate surface area is 139 Å². The lowest BCUT2D eigenvalue weighted by Gasteiger charge is -2.17. The van der Waals surface area contributed by atoms with Crippen molar-refractivity contribution in [3.63, 3.8) is 0 Å². The molecule has 1 aromatic carbocycles. The largest absolute Gasteiger partial charge is 0.466 e. The molecule has 1 amide bonds. The summed E-state index contributed by atoms with van der Waals surface area (Å²) in [5, 5.41) is 0. The predicted octanol–water partition coefficient (Wildman–Crippen LogP) is 4.19. The third kappa shape index (κ3) is 8.38. The lowest BCUT2D eigenvalue weighted by Crippen LogP contribution is -2.25. The van der Waals surface area contributed by atoms with Crippen LogP contribution in [0, 0.1) is 5.92 Å². The minimum absolute atomic E-state index is 0.0708. The molecule has 0 spiro atoms. The molecule has 1 rings (SSSR count). The minimum atomic E-state index is -0.155. The SMILES string of the molecule is CC(C)CCCOC(=O)CCCCC(=O)N(C)c1ccccc1. The summed E-state index contributed by atoms with van der Waals surface area (Å²) in [6, 6.07) is 9.57. The van der Waals surface area contributed by atoms with E-state index in [2.05, 4.69) is 13.8 Å². The first-order valence-electron chi connectivity index (χ1n) is 8.48. The van der Waals surface area contributed by atoms with E-state index < -0.39 is 0 Å². The summed E-state index contributed by atoms with van der Waals surface area (Å²) in [5.74, 6) is 0.556. The van der Waals surface area contributed by atoms with Gasteiger partial charge in [0.2, 0.25) is 5.91 Å². The highest BCUT2D eigenvalue weighted by atomic mass is 16.5. The Hall–Kier alpha value is -1.84. The first kappa shape index (κ1) is 19.2. The number of nitrogens with zero attached hydrogens (tertiary/aromatic N) is 1. The first-order chi connectivity index (χ1) is 11.0. The fourth-order valence-corrected chi connectivity index (χ4v) is 2.26. The Morgan fingerprint density at radius 2 is 1.70 bits per heavy atom. The van der Waals surface area contributed by atoms with Crippen LogP contribution in [-0.4, -0.2) is 25.5 Å². The molecule has 0 aliphatic rings. The van der Waals surface area contributed by atoms with E-state index >= 15 is 0 Å². The van der Waals surface area contributed by atoms with Gasteiger partial charge < -0.3 is 9.64 Å². The molecule has 128 valence electrons. The lowest BCUT2D eigenvalue weighted by atomic mass is 10.1. The van der Waals surface area contributed by atoms with E-state index in [0.717, 1.165) is 18.5 Å². The Morgan fingerprint density at radius 3 is 2.35 bits per heavy atom. The van der Waals surface area contributed by atoms with E-state index in [4.69, 9.17) is 4.74 Å². The molecule has 23 heavy (non-hydrogen) atoms. The molecule has 4 heteroatoms. The van der Waals surface area contributed by atoms with Crippen molar-refractivity contribution in [3.8, 4) is 0 Å². The van der Waals surface area contributed by atoms with Gasteiger partial charge in [0, 0.05) is 25.6 Å². The van der Waals surface area contributed by atoms with Crippen LogP contribution >= 0.6 is 0 Å². The number of hydrogen-bond acceptors (Lipinski definition) is 3. The summed E-state index contributed by atoms with van der Waals surface area (Å²) in [6.07, 6.45) is 4.24. The average molecular weight is 319 g/mol. The van der Waals surface area contributed by atoms with E-state index in [1.807, 2.05) is 30.3 Å². The molecule has 0 unspecified atom stereocenters. The summed E-state index contributed by atoms with van der Waals surface area (Å²) in [6.45, 7) is 4.82. The predicted molar refractivity (Wildman–Crippen MR) is 93.4 cm³/mol. The number of esters is 1. The van der Waals surface area contributed by atoms with Crippen LogP contribution in [0.2, 0.25) is 0 Å². The molecule has 0 N–H and O–H groups in total. The zero-order chi connectivity index (χ0) is 17.1.